The SMILES string of the molecule is COc1nc2c(NCC=C(C)C)ncnc2[nH]1. The van der Waals surface area contributed by atoms with Crippen LogP contribution >= 0.6 is 0 Å². The number of ether oxygens (including phenoxy) is 1. The zero-order valence-corrected chi connectivity index (χ0v) is 10.1. The highest BCUT2D eigenvalue weighted by atomic mass is 16.5. The van der Waals surface area contributed by atoms with Gasteiger partial charge in [-0.05, 0) is 13.8 Å². The molecule has 6 nitrogen and oxygen atoms in total. The highest BCUT2D eigenvalue weighted by Gasteiger charge is 2.08. The van der Waals surface area contributed by atoms with Crippen molar-refractivity contribution in [1.82, 2.24) is 19.9 Å². The molecule has 0 aliphatic carbocycles. The van der Waals surface area contributed by atoms with E-state index in [-0.39, 0.29) is 0 Å². The third-order valence-electron chi connectivity index (χ3n) is 2.23. The number of nitrogens with zero attached hydrogens (tertiary/aromatic N) is 3. The number of allylic oxidation sites excluding steroid dienone is 1. The standard InChI is InChI=1S/C11H15N5O/c1-7(2)4-5-12-9-8-10(14-6-13-9)16-11(15-8)17-3/h4,6H,5H2,1-3H3,(H2,12,13,14,15,16). The van der Waals surface area contributed by atoms with Crippen molar-refractivity contribution < 1.29 is 4.74 Å². The number of rotatable bonds is 4. The molecule has 0 radical (unpaired) electrons. The molecule has 0 bridgehead atoms. The second-order valence-corrected chi connectivity index (χ2v) is 3.83. The van der Waals surface area contributed by atoms with Gasteiger partial charge < -0.3 is 10.1 Å². The van der Waals surface area contributed by atoms with Crippen molar-refractivity contribution in [3.63, 3.8) is 0 Å². The minimum absolute atomic E-state index is 0.436. The van der Waals surface area contributed by atoms with Crippen molar-refractivity contribution in [3.8, 4) is 6.01 Å². The maximum Gasteiger partial charge on any atom is 0.295 e. The lowest BCUT2D eigenvalue weighted by Gasteiger charge is -2.02. The Balaban J connectivity index is 2.27. The number of imidazole rings is 1. The molecule has 17 heavy (non-hydrogen) atoms. The van der Waals surface area contributed by atoms with Crippen LogP contribution in [0.25, 0.3) is 11.2 Å². The van der Waals surface area contributed by atoms with Crippen LogP contribution in [-0.4, -0.2) is 33.6 Å². The fourth-order valence-corrected chi connectivity index (χ4v) is 1.38. The van der Waals surface area contributed by atoms with Gasteiger partial charge >= 0.3 is 0 Å². The summed E-state index contributed by atoms with van der Waals surface area (Å²) < 4.78 is 5.02. The van der Waals surface area contributed by atoms with Crippen LogP contribution in [0.1, 0.15) is 13.8 Å². The van der Waals surface area contributed by atoms with Gasteiger partial charge in [-0.15, -0.1) is 0 Å². The van der Waals surface area contributed by atoms with Crippen molar-refractivity contribution in [2.75, 3.05) is 19.0 Å². The first kappa shape index (κ1) is 11.4. The van der Waals surface area contributed by atoms with E-state index < -0.39 is 0 Å². The summed E-state index contributed by atoms with van der Waals surface area (Å²) in [4.78, 5) is 15.4. The van der Waals surface area contributed by atoms with E-state index in [2.05, 4.69) is 45.2 Å². The highest BCUT2D eigenvalue weighted by Crippen LogP contribution is 2.19. The van der Waals surface area contributed by atoms with E-state index in [1.807, 2.05) is 0 Å². The number of hydrogen-bond donors (Lipinski definition) is 2. The maximum absolute atomic E-state index is 5.02. The lowest BCUT2D eigenvalue weighted by molar-refractivity contribution is 0.386. The zero-order valence-electron chi connectivity index (χ0n) is 10.1. The molecule has 90 valence electrons. The van der Waals surface area contributed by atoms with Crippen LogP contribution in [0.3, 0.4) is 0 Å². The molecule has 0 aliphatic heterocycles. The van der Waals surface area contributed by atoms with Crippen LogP contribution in [0.4, 0.5) is 5.82 Å². The third kappa shape index (κ3) is 2.52. The predicted octanol–water partition coefficient (Wildman–Crippen LogP) is 1.74. The Labute approximate surface area is 99.1 Å². The average molecular weight is 233 g/mol. The largest absolute Gasteiger partial charge is 0.468 e. The molecule has 0 aromatic carbocycles. The number of methoxy groups -OCH3 is 1. The highest BCUT2D eigenvalue weighted by molar-refractivity contribution is 5.83. The van der Waals surface area contributed by atoms with Crippen LogP contribution in [-0.2, 0) is 0 Å². The summed E-state index contributed by atoms with van der Waals surface area (Å²) >= 11 is 0. The Bertz CT molecular complexity index is 542. The van der Waals surface area contributed by atoms with E-state index in [0.29, 0.717) is 29.5 Å². The first-order valence-corrected chi connectivity index (χ1v) is 5.32. The number of H-pyrrole nitrogens is 1. The molecular formula is C11H15N5O. The van der Waals surface area contributed by atoms with Crippen LogP contribution in [0.5, 0.6) is 6.01 Å². The number of anilines is 1. The van der Waals surface area contributed by atoms with Gasteiger partial charge in [0.1, 0.15) is 6.33 Å². The summed E-state index contributed by atoms with van der Waals surface area (Å²) in [7, 11) is 1.56. The zero-order chi connectivity index (χ0) is 12.3. The van der Waals surface area contributed by atoms with Gasteiger partial charge in [0.05, 0.1) is 7.11 Å². The first-order chi connectivity index (χ1) is 8.20. The monoisotopic (exact) mass is 233 g/mol. The van der Waals surface area contributed by atoms with Gasteiger partial charge in [0.15, 0.2) is 17.0 Å². The van der Waals surface area contributed by atoms with Crippen molar-refractivity contribution in [1.29, 1.82) is 0 Å². The van der Waals surface area contributed by atoms with Crippen LogP contribution in [0, 0.1) is 0 Å². The first-order valence-electron chi connectivity index (χ1n) is 5.32. The Hall–Kier alpha value is -2.11. The molecule has 2 heterocycles. The number of aromatic nitrogens is 4. The Morgan fingerprint density at radius 3 is 3.00 bits per heavy atom. The minimum atomic E-state index is 0.436. The van der Waals surface area contributed by atoms with E-state index in [0.717, 1.165) is 0 Å². The normalized spacial score (nSPS) is 10.3. The second-order valence-electron chi connectivity index (χ2n) is 3.83. The predicted molar refractivity (Wildman–Crippen MR) is 66.2 cm³/mol. The van der Waals surface area contributed by atoms with E-state index >= 15 is 0 Å². The van der Waals surface area contributed by atoms with Gasteiger partial charge in [-0.1, -0.05) is 11.6 Å². The Morgan fingerprint density at radius 1 is 1.47 bits per heavy atom. The molecule has 0 saturated heterocycles. The lowest BCUT2D eigenvalue weighted by Crippen LogP contribution is -2.02. The molecule has 0 spiro atoms. The third-order valence-corrected chi connectivity index (χ3v) is 2.23. The number of nitrogens with one attached hydrogen (secondary N) is 2. The fourth-order valence-electron chi connectivity index (χ4n) is 1.38. The van der Waals surface area contributed by atoms with Crippen molar-refractivity contribution >= 4 is 17.0 Å². The van der Waals surface area contributed by atoms with Crippen molar-refractivity contribution in [2.45, 2.75) is 13.8 Å². The van der Waals surface area contributed by atoms with Crippen molar-refractivity contribution in [2.24, 2.45) is 0 Å². The summed E-state index contributed by atoms with van der Waals surface area (Å²) in [5.74, 6) is 0.701. The molecule has 0 fully saturated rings. The van der Waals surface area contributed by atoms with E-state index in [1.54, 1.807) is 7.11 Å². The molecule has 0 unspecified atom stereocenters. The van der Waals surface area contributed by atoms with Crippen LogP contribution in [0.15, 0.2) is 18.0 Å². The Kier molecular flexibility index (Phi) is 3.22. The molecule has 2 N–H and O–H groups in total. The molecule has 0 aliphatic rings. The van der Waals surface area contributed by atoms with Crippen LogP contribution in [0.2, 0.25) is 0 Å². The van der Waals surface area contributed by atoms with E-state index in [4.69, 9.17) is 4.74 Å². The van der Waals surface area contributed by atoms with Gasteiger partial charge in [0.25, 0.3) is 6.01 Å². The average Bonchev–Trinajstić information content (AvgIpc) is 2.72. The number of fused-ring (bicyclic) bond motifs is 1. The molecule has 2 rings (SSSR count). The van der Waals surface area contributed by atoms with Gasteiger partial charge in [-0.2, -0.15) is 4.98 Å². The van der Waals surface area contributed by atoms with Gasteiger partial charge in [-0.25, -0.2) is 9.97 Å². The molecule has 0 amide bonds. The number of aromatic amines is 1. The summed E-state index contributed by atoms with van der Waals surface area (Å²) in [6, 6.07) is 0.436. The van der Waals surface area contributed by atoms with E-state index in [9.17, 15) is 0 Å². The molecule has 2 aromatic heterocycles. The van der Waals surface area contributed by atoms with Crippen LogP contribution < -0.4 is 10.1 Å². The van der Waals surface area contributed by atoms with Gasteiger partial charge in [0, 0.05) is 6.54 Å². The van der Waals surface area contributed by atoms with Gasteiger partial charge in [-0.3, -0.25) is 4.98 Å². The minimum Gasteiger partial charge on any atom is -0.468 e. The summed E-state index contributed by atoms with van der Waals surface area (Å²) in [5, 5.41) is 3.19. The van der Waals surface area contributed by atoms with E-state index in [1.165, 1.54) is 11.9 Å². The lowest BCUT2D eigenvalue weighted by atomic mass is 10.3. The quantitative estimate of drug-likeness (QED) is 0.787. The maximum atomic E-state index is 5.02. The van der Waals surface area contributed by atoms with Crippen molar-refractivity contribution in [3.05, 3.63) is 18.0 Å². The number of hydrogen-bond acceptors (Lipinski definition) is 5. The smallest absolute Gasteiger partial charge is 0.295 e. The second kappa shape index (κ2) is 4.82. The fraction of sp³-hybridized carbons (Fsp3) is 0.364. The molecule has 6 heteroatoms. The molecular weight excluding hydrogens is 218 g/mol. The summed E-state index contributed by atoms with van der Waals surface area (Å²) in [6.07, 6.45) is 3.57. The molecule has 0 saturated carbocycles. The summed E-state index contributed by atoms with van der Waals surface area (Å²) in [5.41, 5.74) is 2.60. The topological polar surface area (TPSA) is 75.7 Å². The summed E-state index contributed by atoms with van der Waals surface area (Å²) in [6.45, 7) is 4.81. The van der Waals surface area contributed by atoms with Gasteiger partial charge in [0.2, 0.25) is 0 Å². The molecule has 0 atom stereocenters. The Morgan fingerprint density at radius 2 is 2.29 bits per heavy atom. The molecule has 2 aromatic rings.